The highest BCUT2D eigenvalue weighted by atomic mass is 16.5. The van der Waals surface area contributed by atoms with Crippen LogP contribution < -0.4 is 4.90 Å². The Kier molecular flexibility index (Phi) is 10.0. The molecule has 40 heavy (non-hydrogen) atoms. The summed E-state index contributed by atoms with van der Waals surface area (Å²) in [6.45, 7) is 10.3. The van der Waals surface area contributed by atoms with Crippen molar-refractivity contribution in [1.82, 2.24) is 0 Å². The molecule has 0 saturated carbocycles. The van der Waals surface area contributed by atoms with Crippen molar-refractivity contribution in [3.8, 4) is 11.1 Å². The number of carboxylic acids is 1. The van der Waals surface area contributed by atoms with Gasteiger partial charge in [-0.2, -0.15) is 0 Å². The molecule has 0 atom stereocenters. The molecule has 0 aromatic heterocycles. The van der Waals surface area contributed by atoms with E-state index in [0.29, 0.717) is 30.7 Å². The van der Waals surface area contributed by atoms with Crippen LogP contribution in [-0.2, 0) is 22.7 Å². The Hall–Kier alpha value is -4.05. The summed E-state index contributed by atoms with van der Waals surface area (Å²) in [4.78, 5) is 13.8. The molecule has 3 aromatic carbocycles. The number of anilines is 1. The highest BCUT2D eigenvalue weighted by Crippen LogP contribution is 2.28. The molecular formula is C36H41NO3. The highest BCUT2D eigenvalue weighted by molar-refractivity contribution is 5.90. The summed E-state index contributed by atoms with van der Waals surface area (Å²) in [5, 5.41) is 9.30. The van der Waals surface area contributed by atoms with Gasteiger partial charge in [0.2, 0.25) is 0 Å². The van der Waals surface area contributed by atoms with Crippen LogP contribution in [0.3, 0.4) is 0 Å². The molecule has 0 unspecified atom stereocenters. The fraction of sp³-hybridized carbons (Fsp3) is 0.306. The lowest BCUT2D eigenvalue weighted by atomic mass is 9.94. The second-order valence-corrected chi connectivity index (χ2v) is 10.7. The van der Waals surface area contributed by atoms with Gasteiger partial charge in [-0.25, -0.2) is 4.79 Å². The lowest BCUT2D eigenvalue weighted by Crippen LogP contribution is -2.30. The summed E-state index contributed by atoms with van der Waals surface area (Å²) < 4.78 is 5.91. The number of hydrogen-bond acceptors (Lipinski definition) is 3. The third-order valence-electron chi connectivity index (χ3n) is 7.57. The molecule has 4 rings (SSSR count). The van der Waals surface area contributed by atoms with Crippen LogP contribution in [-0.4, -0.2) is 17.1 Å². The number of hydrogen-bond donors (Lipinski definition) is 1. The summed E-state index contributed by atoms with van der Waals surface area (Å²) in [6, 6.07) is 26.7. The van der Waals surface area contributed by atoms with Crippen LogP contribution >= 0.6 is 0 Å². The van der Waals surface area contributed by atoms with Crippen molar-refractivity contribution in [2.45, 2.75) is 72.1 Å². The first kappa shape index (κ1) is 28.9. The first-order valence-corrected chi connectivity index (χ1v) is 14.4. The normalized spacial score (nSPS) is 13.2. The van der Waals surface area contributed by atoms with Gasteiger partial charge in [0, 0.05) is 18.3 Å². The molecule has 1 N–H and O–H groups in total. The fourth-order valence-corrected chi connectivity index (χ4v) is 5.15. The Morgan fingerprint density at radius 3 is 2.30 bits per heavy atom. The fourth-order valence-electron chi connectivity index (χ4n) is 5.15. The van der Waals surface area contributed by atoms with Crippen LogP contribution in [0, 0.1) is 0 Å². The quantitative estimate of drug-likeness (QED) is 0.251. The van der Waals surface area contributed by atoms with E-state index >= 15 is 0 Å². The predicted molar refractivity (Wildman–Crippen MR) is 165 cm³/mol. The topological polar surface area (TPSA) is 49.8 Å². The number of benzene rings is 3. The van der Waals surface area contributed by atoms with Crippen molar-refractivity contribution in [3.05, 3.63) is 125 Å². The van der Waals surface area contributed by atoms with Crippen LogP contribution in [0.2, 0.25) is 0 Å². The van der Waals surface area contributed by atoms with E-state index in [0.717, 1.165) is 17.7 Å². The van der Waals surface area contributed by atoms with Crippen LogP contribution in [0.15, 0.2) is 108 Å². The molecule has 1 aliphatic carbocycles. The van der Waals surface area contributed by atoms with Crippen LogP contribution in [0.5, 0.6) is 0 Å². The van der Waals surface area contributed by atoms with Crippen molar-refractivity contribution in [1.29, 1.82) is 0 Å². The zero-order chi connectivity index (χ0) is 28.5. The van der Waals surface area contributed by atoms with Crippen molar-refractivity contribution < 1.29 is 14.6 Å². The summed E-state index contributed by atoms with van der Waals surface area (Å²) >= 11 is 0. The number of carbonyl (C=O) groups is 1. The third kappa shape index (κ3) is 7.53. The van der Waals surface area contributed by atoms with Gasteiger partial charge in [0.25, 0.3) is 0 Å². The molecule has 1 aliphatic rings. The molecule has 0 aliphatic heterocycles. The van der Waals surface area contributed by atoms with Gasteiger partial charge in [-0.1, -0.05) is 80.6 Å². The van der Waals surface area contributed by atoms with Crippen molar-refractivity contribution in [2.75, 3.05) is 4.90 Å². The maximum absolute atomic E-state index is 11.3. The van der Waals surface area contributed by atoms with Gasteiger partial charge in [-0.15, -0.1) is 0 Å². The zero-order valence-corrected chi connectivity index (χ0v) is 24.1. The van der Waals surface area contributed by atoms with E-state index in [-0.39, 0.29) is 5.57 Å². The molecule has 3 aromatic rings. The highest BCUT2D eigenvalue weighted by Gasteiger charge is 2.14. The lowest BCUT2D eigenvalue weighted by molar-refractivity contribution is -0.132. The molecule has 0 radical (unpaired) electrons. The van der Waals surface area contributed by atoms with Gasteiger partial charge >= 0.3 is 5.97 Å². The van der Waals surface area contributed by atoms with Crippen LogP contribution in [0.25, 0.3) is 11.1 Å². The second kappa shape index (κ2) is 13.8. The van der Waals surface area contributed by atoms with E-state index in [2.05, 4.69) is 105 Å². The minimum absolute atomic E-state index is 0.230. The maximum atomic E-state index is 11.3. The van der Waals surface area contributed by atoms with Gasteiger partial charge < -0.3 is 14.7 Å². The minimum atomic E-state index is -0.953. The van der Waals surface area contributed by atoms with Gasteiger partial charge in [-0.3, -0.25) is 0 Å². The van der Waals surface area contributed by atoms with Gasteiger partial charge in [-0.05, 0) is 97.2 Å². The zero-order valence-electron chi connectivity index (χ0n) is 24.1. The number of rotatable bonds is 12. The summed E-state index contributed by atoms with van der Waals surface area (Å²) in [5.74, 6) is 0.258. The third-order valence-corrected chi connectivity index (χ3v) is 7.57. The summed E-state index contributed by atoms with van der Waals surface area (Å²) in [5.41, 5.74) is 7.56. The molecule has 208 valence electrons. The van der Waals surface area contributed by atoms with Crippen LogP contribution in [0.1, 0.15) is 69.6 Å². The molecule has 0 bridgehead atoms. The van der Waals surface area contributed by atoms with Gasteiger partial charge in [0.05, 0.1) is 5.57 Å². The number of aliphatic carboxylic acids is 1. The molecular weight excluding hydrogens is 494 g/mol. The molecule has 0 spiro atoms. The number of carboxylic acid groups (broad SMARTS) is 1. The summed E-state index contributed by atoms with van der Waals surface area (Å²) in [6.07, 6.45) is 9.90. The average molecular weight is 536 g/mol. The largest absolute Gasteiger partial charge is 0.489 e. The van der Waals surface area contributed by atoms with E-state index in [1.807, 2.05) is 12.2 Å². The van der Waals surface area contributed by atoms with Crippen molar-refractivity contribution in [3.63, 3.8) is 0 Å². The van der Waals surface area contributed by atoms with E-state index in [1.165, 1.54) is 35.2 Å². The predicted octanol–water partition coefficient (Wildman–Crippen LogP) is 9.04. The SMILES string of the molecule is CCC(CC)c1ccc(N(Cc2cccc(-c3ccc(COC4=CCC=CC(C(=O)O)=C4)cc3)c2)C(C)C)cc1. The Balaban J connectivity index is 1.43. The van der Waals surface area contributed by atoms with Crippen molar-refractivity contribution >= 4 is 11.7 Å². The first-order valence-electron chi connectivity index (χ1n) is 14.4. The summed E-state index contributed by atoms with van der Waals surface area (Å²) in [7, 11) is 0. The molecule has 0 amide bonds. The number of nitrogens with zero attached hydrogens (tertiary/aromatic N) is 1. The molecule has 0 heterocycles. The van der Waals surface area contributed by atoms with E-state index in [4.69, 9.17) is 4.74 Å². The smallest absolute Gasteiger partial charge is 0.335 e. The second-order valence-electron chi connectivity index (χ2n) is 10.7. The lowest BCUT2D eigenvalue weighted by Gasteiger charge is -2.30. The van der Waals surface area contributed by atoms with Crippen LogP contribution in [0.4, 0.5) is 5.69 Å². The maximum Gasteiger partial charge on any atom is 0.335 e. The van der Waals surface area contributed by atoms with Gasteiger partial charge in [0.1, 0.15) is 12.4 Å². The standard InChI is InChI=1S/C36H41NO3/c1-5-29(6-2)30-18-20-34(21-19-30)37(26(3)4)24-28-10-9-12-32(22-28)31-16-14-27(15-17-31)25-40-35-13-8-7-11-33(23-35)36(38)39/h7,9-23,26,29H,5-6,8,24-25H2,1-4H3,(H,38,39). The average Bonchev–Trinajstić information content (AvgIpc) is 3.22. The molecule has 0 fully saturated rings. The minimum Gasteiger partial charge on any atom is -0.489 e. The Morgan fingerprint density at radius 2 is 1.65 bits per heavy atom. The van der Waals surface area contributed by atoms with Gasteiger partial charge in [0.15, 0.2) is 0 Å². The molecule has 4 heteroatoms. The Labute approximate surface area is 239 Å². The monoisotopic (exact) mass is 535 g/mol. The van der Waals surface area contributed by atoms with Crippen molar-refractivity contribution in [2.24, 2.45) is 0 Å². The number of ether oxygens (including phenoxy) is 1. The molecule has 4 nitrogen and oxygen atoms in total. The van der Waals surface area contributed by atoms with E-state index in [1.54, 1.807) is 12.2 Å². The Morgan fingerprint density at radius 1 is 0.925 bits per heavy atom. The number of allylic oxidation sites excluding steroid dienone is 3. The van der Waals surface area contributed by atoms with E-state index < -0.39 is 5.97 Å². The van der Waals surface area contributed by atoms with E-state index in [9.17, 15) is 9.90 Å². The first-order chi connectivity index (χ1) is 19.4. The Bertz CT molecular complexity index is 1360. The molecule has 0 saturated heterocycles.